The Morgan fingerprint density at radius 3 is 2.73 bits per heavy atom. The van der Waals surface area contributed by atoms with Crippen LogP contribution >= 0.6 is 11.6 Å². The van der Waals surface area contributed by atoms with Crippen LogP contribution in [-0.2, 0) is 6.54 Å². The molecule has 22 heavy (non-hydrogen) atoms. The van der Waals surface area contributed by atoms with E-state index in [1.54, 1.807) is 12.3 Å². The Labute approximate surface area is 134 Å². The molecule has 0 N–H and O–H groups in total. The average Bonchev–Trinajstić information content (AvgIpc) is 2.46. The summed E-state index contributed by atoms with van der Waals surface area (Å²) in [6.07, 6.45) is 1.70. The number of aromatic nitrogens is 1. The van der Waals surface area contributed by atoms with Gasteiger partial charge in [0.25, 0.3) is 5.70 Å². The number of rotatable bonds is 5. The monoisotopic (exact) mass is 325 g/mol. The SMILES string of the molecule is CCN(Cc1ccc(Cl)nc1)C1=C([N+](=O)[O-])CN(C)CN1C. The summed E-state index contributed by atoms with van der Waals surface area (Å²) >= 11 is 5.80. The average molecular weight is 326 g/mol. The summed E-state index contributed by atoms with van der Waals surface area (Å²) in [5.41, 5.74) is 1.19. The first kappa shape index (κ1) is 16.5. The molecule has 0 unspecified atom stereocenters. The summed E-state index contributed by atoms with van der Waals surface area (Å²) in [5, 5.41) is 11.8. The van der Waals surface area contributed by atoms with Crippen LogP contribution < -0.4 is 0 Å². The molecule has 8 heteroatoms. The number of halogens is 1. The lowest BCUT2D eigenvalue weighted by Crippen LogP contribution is -2.46. The highest BCUT2D eigenvalue weighted by molar-refractivity contribution is 6.29. The minimum atomic E-state index is -0.287. The maximum absolute atomic E-state index is 11.4. The Bertz CT molecular complexity index is 575. The maximum atomic E-state index is 11.4. The Balaban J connectivity index is 2.32. The Morgan fingerprint density at radius 2 is 2.18 bits per heavy atom. The van der Waals surface area contributed by atoms with E-state index < -0.39 is 0 Å². The van der Waals surface area contributed by atoms with E-state index in [9.17, 15) is 10.1 Å². The molecular formula is C14H20ClN5O2. The van der Waals surface area contributed by atoms with Gasteiger partial charge in [-0.15, -0.1) is 0 Å². The van der Waals surface area contributed by atoms with Crippen LogP contribution in [0.25, 0.3) is 0 Å². The third-order valence-corrected chi connectivity index (χ3v) is 3.78. The van der Waals surface area contributed by atoms with E-state index in [0.717, 1.165) is 5.56 Å². The van der Waals surface area contributed by atoms with Gasteiger partial charge in [0.2, 0.25) is 0 Å². The lowest BCUT2D eigenvalue weighted by molar-refractivity contribution is -0.433. The fraction of sp³-hybridized carbons (Fsp3) is 0.500. The van der Waals surface area contributed by atoms with E-state index >= 15 is 0 Å². The maximum Gasteiger partial charge on any atom is 0.300 e. The smallest absolute Gasteiger partial charge is 0.300 e. The van der Waals surface area contributed by atoms with E-state index in [-0.39, 0.29) is 10.6 Å². The molecule has 0 fully saturated rings. The molecule has 0 radical (unpaired) electrons. The van der Waals surface area contributed by atoms with Crippen LogP contribution in [0.2, 0.25) is 5.15 Å². The van der Waals surface area contributed by atoms with Crippen molar-refractivity contribution >= 4 is 11.6 Å². The topological polar surface area (TPSA) is 65.8 Å². The summed E-state index contributed by atoms with van der Waals surface area (Å²) in [6, 6.07) is 3.62. The number of pyridine rings is 1. The van der Waals surface area contributed by atoms with Crippen molar-refractivity contribution in [3.8, 4) is 0 Å². The van der Waals surface area contributed by atoms with E-state index in [4.69, 9.17) is 11.6 Å². The highest BCUT2D eigenvalue weighted by Gasteiger charge is 2.32. The van der Waals surface area contributed by atoms with Crippen molar-refractivity contribution in [2.75, 3.05) is 33.9 Å². The number of likely N-dealkylation sites (N-methyl/N-ethyl adjacent to an activating group) is 1. The number of nitrogens with zero attached hydrogens (tertiary/aromatic N) is 5. The van der Waals surface area contributed by atoms with Crippen molar-refractivity contribution in [2.24, 2.45) is 0 Å². The van der Waals surface area contributed by atoms with E-state index in [1.165, 1.54) is 0 Å². The Morgan fingerprint density at radius 1 is 1.45 bits per heavy atom. The van der Waals surface area contributed by atoms with E-state index in [0.29, 0.717) is 37.3 Å². The van der Waals surface area contributed by atoms with Gasteiger partial charge in [-0.2, -0.15) is 0 Å². The van der Waals surface area contributed by atoms with Gasteiger partial charge in [-0.05, 0) is 25.6 Å². The van der Waals surface area contributed by atoms with E-state index in [1.807, 2.05) is 41.8 Å². The van der Waals surface area contributed by atoms with Gasteiger partial charge in [-0.1, -0.05) is 17.7 Å². The molecule has 120 valence electrons. The predicted molar refractivity (Wildman–Crippen MR) is 84.6 cm³/mol. The molecule has 2 rings (SSSR count). The van der Waals surface area contributed by atoms with Crippen LogP contribution in [0.1, 0.15) is 12.5 Å². The van der Waals surface area contributed by atoms with Crippen LogP contribution in [0, 0.1) is 10.1 Å². The number of hydrogen-bond acceptors (Lipinski definition) is 6. The third kappa shape index (κ3) is 3.66. The number of nitro groups is 1. The normalized spacial score (nSPS) is 16.1. The van der Waals surface area contributed by atoms with Crippen LogP contribution in [0.4, 0.5) is 0 Å². The molecule has 0 aromatic carbocycles. The highest BCUT2D eigenvalue weighted by atomic mass is 35.5. The molecule has 0 aliphatic carbocycles. The molecular weight excluding hydrogens is 306 g/mol. The van der Waals surface area contributed by atoms with Gasteiger partial charge in [0.15, 0.2) is 5.82 Å². The van der Waals surface area contributed by atoms with Gasteiger partial charge in [-0.25, -0.2) is 4.98 Å². The summed E-state index contributed by atoms with van der Waals surface area (Å²) in [4.78, 5) is 21.0. The molecule has 0 atom stereocenters. The molecule has 1 aromatic heterocycles. The van der Waals surface area contributed by atoms with Crippen molar-refractivity contribution in [3.63, 3.8) is 0 Å². The molecule has 1 aromatic rings. The minimum Gasteiger partial charge on any atom is -0.349 e. The molecule has 0 saturated carbocycles. The zero-order valence-electron chi connectivity index (χ0n) is 13.0. The summed E-state index contributed by atoms with van der Waals surface area (Å²) < 4.78 is 0. The molecule has 0 spiro atoms. The quantitative estimate of drug-likeness (QED) is 0.467. The zero-order chi connectivity index (χ0) is 16.3. The van der Waals surface area contributed by atoms with Gasteiger partial charge >= 0.3 is 0 Å². The highest BCUT2D eigenvalue weighted by Crippen LogP contribution is 2.22. The molecule has 1 aliphatic heterocycles. The fourth-order valence-corrected chi connectivity index (χ4v) is 2.76. The minimum absolute atomic E-state index is 0.222. The van der Waals surface area contributed by atoms with Gasteiger partial charge in [0.1, 0.15) is 5.15 Å². The molecule has 7 nitrogen and oxygen atoms in total. The van der Waals surface area contributed by atoms with Gasteiger partial charge in [-0.3, -0.25) is 15.0 Å². The molecule has 1 aliphatic rings. The molecule has 0 amide bonds. The van der Waals surface area contributed by atoms with Crippen LogP contribution in [-0.4, -0.2) is 58.5 Å². The zero-order valence-corrected chi connectivity index (χ0v) is 13.7. The standard InChI is InChI=1S/C14H20ClN5O2/c1-4-19(8-11-5-6-13(15)16-7-11)14-12(20(21)22)9-17(2)10-18(14)3/h5-7H,4,8-10H2,1-3H3. The van der Waals surface area contributed by atoms with Crippen molar-refractivity contribution in [1.29, 1.82) is 0 Å². The van der Waals surface area contributed by atoms with Crippen molar-refractivity contribution in [1.82, 2.24) is 19.7 Å². The van der Waals surface area contributed by atoms with Crippen molar-refractivity contribution in [2.45, 2.75) is 13.5 Å². The number of hydrogen-bond donors (Lipinski definition) is 0. The fourth-order valence-electron chi connectivity index (χ4n) is 2.65. The summed E-state index contributed by atoms with van der Waals surface area (Å²) in [7, 11) is 3.74. The first-order valence-electron chi connectivity index (χ1n) is 7.05. The van der Waals surface area contributed by atoms with Crippen LogP contribution in [0.5, 0.6) is 0 Å². The van der Waals surface area contributed by atoms with Crippen LogP contribution in [0.3, 0.4) is 0 Å². The Hall–Kier alpha value is -1.86. The summed E-state index contributed by atoms with van der Waals surface area (Å²) in [6.45, 7) is 4.20. The molecule has 2 heterocycles. The van der Waals surface area contributed by atoms with Gasteiger partial charge < -0.3 is 9.80 Å². The first-order valence-corrected chi connectivity index (χ1v) is 7.42. The lowest BCUT2D eigenvalue weighted by Gasteiger charge is -2.38. The largest absolute Gasteiger partial charge is 0.349 e. The predicted octanol–water partition coefficient (Wildman–Crippen LogP) is 1.84. The van der Waals surface area contributed by atoms with Crippen molar-refractivity contribution in [3.05, 3.63) is 50.7 Å². The summed E-state index contributed by atoms with van der Waals surface area (Å²) in [5.74, 6) is 0.667. The second-order valence-corrected chi connectivity index (χ2v) is 5.77. The first-order chi connectivity index (χ1) is 10.4. The Kier molecular flexibility index (Phi) is 5.20. The second-order valence-electron chi connectivity index (χ2n) is 5.38. The lowest BCUT2D eigenvalue weighted by atomic mass is 10.2. The van der Waals surface area contributed by atoms with Gasteiger partial charge in [0.05, 0.1) is 18.1 Å². The van der Waals surface area contributed by atoms with E-state index in [2.05, 4.69) is 4.98 Å². The van der Waals surface area contributed by atoms with Gasteiger partial charge in [0, 0.05) is 26.3 Å². The molecule has 0 saturated heterocycles. The van der Waals surface area contributed by atoms with Crippen LogP contribution in [0.15, 0.2) is 29.8 Å². The van der Waals surface area contributed by atoms with Crippen molar-refractivity contribution < 1.29 is 4.92 Å². The molecule has 0 bridgehead atoms. The third-order valence-electron chi connectivity index (χ3n) is 3.56. The second kappa shape index (κ2) is 6.93.